The van der Waals surface area contributed by atoms with Gasteiger partial charge in [-0.3, -0.25) is 4.79 Å². The highest BCUT2D eigenvalue weighted by molar-refractivity contribution is 6.05. The molecule has 0 bridgehead atoms. The number of hydrogen-bond donors (Lipinski definition) is 2. The molecule has 0 saturated carbocycles. The zero-order valence-electron chi connectivity index (χ0n) is 17.3. The molecule has 0 saturated heterocycles. The summed E-state index contributed by atoms with van der Waals surface area (Å²) < 4.78 is 15.7. The monoisotopic (exact) mass is 425 g/mol. The summed E-state index contributed by atoms with van der Waals surface area (Å²) in [6.07, 6.45) is 1.93. The predicted octanol–water partition coefficient (Wildman–Crippen LogP) is 5.04. The van der Waals surface area contributed by atoms with Crippen LogP contribution in [0.15, 0.2) is 79.0 Å². The van der Waals surface area contributed by atoms with Crippen LogP contribution in [0.4, 0.5) is 10.1 Å². The van der Waals surface area contributed by atoms with Gasteiger partial charge in [0.2, 0.25) is 0 Å². The quantitative estimate of drug-likeness (QED) is 0.414. The van der Waals surface area contributed by atoms with Gasteiger partial charge in [0.1, 0.15) is 11.6 Å². The van der Waals surface area contributed by atoms with E-state index in [1.54, 1.807) is 35.1 Å². The van der Waals surface area contributed by atoms with Gasteiger partial charge in [-0.25, -0.2) is 14.1 Å². The molecule has 0 aliphatic rings. The Labute approximate surface area is 183 Å². The summed E-state index contributed by atoms with van der Waals surface area (Å²) in [7, 11) is 0. The van der Waals surface area contributed by atoms with Gasteiger partial charge in [0, 0.05) is 12.1 Å². The summed E-state index contributed by atoms with van der Waals surface area (Å²) >= 11 is 0. The van der Waals surface area contributed by atoms with Crippen LogP contribution in [0.3, 0.4) is 0 Å². The predicted molar refractivity (Wildman–Crippen MR) is 122 cm³/mol. The number of hydrogen-bond acceptors (Lipinski definition) is 3. The Balaban J connectivity index is 1.36. The third-order valence-corrected chi connectivity index (χ3v) is 5.36. The minimum Gasteiger partial charge on any atom is -0.342 e. The Hall–Kier alpha value is -4.26. The SMILES string of the molecule is Cc1c(C(=O)Nc2ccc3nc(Cc4ccccc4F)[nH]c3c2)cnn1-c1ccccc1. The number of aromatic nitrogens is 4. The van der Waals surface area contributed by atoms with Gasteiger partial charge in [-0.2, -0.15) is 5.10 Å². The summed E-state index contributed by atoms with van der Waals surface area (Å²) in [6, 6.07) is 21.8. The summed E-state index contributed by atoms with van der Waals surface area (Å²) in [5, 5.41) is 7.28. The minimum absolute atomic E-state index is 0.241. The van der Waals surface area contributed by atoms with Crippen molar-refractivity contribution in [3.8, 4) is 5.69 Å². The van der Waals surface area contributed by atoms with Crippen molar-refractivity contribution in [2.45, 2.75) is 13.3 Å². The molecule has 7 heteroatoms. The fourth-order valence-electron chi connectivity index (χ4n) is 3.71. The molecule has 5 aromatic rings. The fourth-order valence-corrected chi connectivity index (χ4v) is 3.71. The van der Waals surface area contributed by atoms with Crippen LogP contribution in [0.25, 0.3) is 16.7 Å². The van der Waals surface area contributed by atoms with E-state index in [0.29, 0.717) is 29.1 Å². The van der Waals surface area contributed by atoms with Crippen LogP contribution in [0.1, 0.15) is 27.4 Å². The maximum absolute atomic E-state index is 13.9. The lowest BCUT2D eigenvalue weighted by molar-refractivity contribution is 0.102. The Kier molecular flexibility index (Phi) is 4.99. The van der Waals surface area contributed by atoms with E-state index in [9.17, 15) is 9.18 Å². The molecule has 6 nitrogen and oxygen atoms in total. The Morgan fingerprint density at radius 3 is 2.66 bits per heavy atom. The van der Waals surface area contributed by atoms with E-state index in [2.05, 4.69) is 20.4 Å². The summed E-state index contributed by atoms with van der Waals surface area (Å²) in [5.74, 6) is 0.163. The summed E-state index contributed by atoms with van der Waals surface area (Å²) in [6.45, 7) is 1.86. The first-order valence-electron chi connectivity index (χ1n) is 10.2. The molecular formula is C25H20FN5O. The molecule has 0 unspecified atom stereocenters. The third-order valence-electron chi connectivity index (χ3n) is 5.36. The molecule has 1 amide bonds. The molecule has 5 rings (SSSR count). The molecule has 0 aliphatic carbocycles. The number of anilines is 1. The molecule has 2 heterocycles. The first kappa shape index (κ1) is 19.7. The number of rotatable bonds is 5. The molecule has 0 spiro atoms. The van der Waals surface area contributed by atoms with Gasteiger partial charge in [-0.05, 0) is 48.9 Å². The highest BCUT2D eigenvalue weighted by atomic mass is 19.1. The van der Waals surface area contributed by atoms with Crippen molar-refractivity contribution in [1.29, 1.82) is 0 Å². The van der Waals surface area contributed by atoms with Gasteiger partial charge in [-0.1, -0.05) is 36.4 Å². The number of carbonyl (C=O) groups is 1. The first-order valence-corrected chi connectivity index (χ1v) is 10.2. The molecule has 0 aliphatic heterocycles. The number of imidazole rings is 1. The average molecular weight is 425 g/mol. The topological polar surface area (TPSA) is 75.6 Å². The first-order chi connectivity index (χ1) is 15.6. The van der Waals surface area contributed by atoms with Gasteiger partial charge in [-0.15, -0.1) is 0 Å². The van der Waals surface area contributed by atoms with E-state index in [1.807, 2.05) is 49.4 Å². The van der Waals surface area contributed by atoms with Gasteiger partial charge >= 0.3 is 0 Å². The van der Waals surface area contributed by atoms with Gasteiger partial charge in [0.25, 0.3) is 5.91 Å². The highest BCUT2D eigenvalue weighted by Crippen LogP contribution is 2.21. The number of H-pyrrole nitrogens is 1. The van der Waals surface area contributed by atoms with Crippen molar-refractivity contribution in [3.63, 3.8) is 0 Å². The van der Waals surface area contributed by atoms with Crippen LogP contribution in [-0.2, 0) is 6.42 Å². The average Bonchev–Trinajstić information content (AvgIpc) is 3.38. The number of carbonyl (C=O) groups excluding carboxylic acids is 1. The minimum atomic E-state index is -0.257. The smallest absolute Gasteiger partial charge is 0.259 e. The molecule has 32 heavy (non-hydrogen) atoms. The van der Waals surface area contributed by atoms with E-state index in [1.165, 1.54) is 6.07 Å². The highest BCUT2D eigenvalue weighted by Gasteiger charge is 2.16. The van der Waals surface area contributed by atoms with Gasteiger partial charge in [0.05, 0.1) is 34.2 Å². The maximum atomic E-state index is 13.9. The molecule has 0 fully saturated rings. The lowest BCUT2D eigenvalue weighted by Gasteiger charge is -2.06. The van der Waals surface area contributed by atoms with E-state index in [-0.39, 0.29) is 11.7 Å². The van der Waals surface area contributed by atoms with Crippen LogP contribution < -0.4 is 5.32 Å². The number of nitrogens with one attached hydrogen (secondary N) is 2. The fraction of sp³-hybridized carbons (Fsp3) is 0.0800. The van der Waals surface area contributed by atoms with Crippen molar-refractivity contribution in [1.82, 2.24) is 19.7 Å². The van der Waals surface area contributed by atoms with Crippen LogP contribution in [0.5, 0.6) is 0 Å². The second kappa shape index (κ2) is 8.11. The molecule has 2 N–H and O–H groups in total. The van der Waals surface area contributed by atoms with E-state index >= 15 is 0 Å². The van der Waals surface area contributed by atoms with Crippen LogP contribution >= 0.6 is 0 Å². The van der Waals surface area contributed by atoms with E-state index in [0.717, 1.165) is 22.4 Å². The van der Waals surface area contributed by atoms with Crippen molar-refractivity contribution in [3.05, 3.63) is 107 Å². The standard InChI is InChI=1S/C25H20FN5O/c1-16-20(15-27-31(16)19-8-3-2-4-9-19)25(32)28-18-11-12-22-23(14-18)30-24(29-22)13-17-7-5-6-10-21(17)26/h2-12,14-15H,13H2,1H3,(H,28,32)(H,29,30). The molecule has 2 aromatic heterocycles. The Bertz CT molecular complexity index is 1420. The van der Waals surface area contributed by atoms with Crippen molar-refractivity contribution in [2.75, 3.05) is 5.32 Å². The normalized spacial score (nSPS) is 11.1. The van der Waals surface area contributed by atoms with Crippen LogP contribution in [0, 0.1) is 12.7 Å². The zero-order valence-corrected chi connectivity index (χ0v) is 17.3. The Morgan fingerprint density at radius 2 is 1.84 bits per heavy atom. The van der Waals surface area contributed by atoms with Crippen molar-refractivity contribution < 1.29 is 9.18 Å². The zero-order chi connectivity index (χ0) is 22.1. The maximum Gasteiger partial charge on any atom is 0.259 e. The van der Waals surface area contributed by atoms with Gasteiger partial charge in [0.15, 0.2) is 0 Å². The van der Waals surface area contributed by atoms with Crippen molar-refractivity contribution in [2.24, 2.45) is 0 Å². The number of amides is 1. The lowest BCUT2D eigenvalue weighted by atomic mass is 10.1. The Morgan fingerprint density at radius 1 is 1.06 bits per heavy atom. The van der Waals surface area contributed by atoms with Crippen molar-refractivity contribution >= 4 is 22.6 Å². The molecule has 158 valence electrons. The van der Waals surface area contributed by atoms with E-state index < -0.39 is 0 Å². The summed E-state index contributed by atoms with van der Waals surface area (Å²) in [5.41, 5.74) is 4.88. The number of para-hydroxylation sites is 1. The summed E-state index contributed by atoms with van der Waals surface area (Å²) in [4.78, 5) is 20.6. The number of benzene rings is 3. The number of fused-ring (bicyclic) bond motifs is 1. The number of halogens is 1. The number of nitrogens with zero attached hydrogens (tertiary/aromatic N) is 3. The lowest BCUT2D eigenvalue weighted by Crippen LogP contribution is -2.13. The second-order valence-corrected chi connectivity index (χ2v) is 7.53. The third kappa shape index (κ3) is 3.76. The molecular weight excluding hydrogens is 405 g/mol. The molecule has 0 atom stereocenters. The van der Waals surface area contributed by atoms with Gasteiger partial charge < -0.3 is 10.3 Å². The van der Waals surface area contributed by atoms with E-state index in [4.69, 9.17) is 0 Å². The van der Waals surface area contributed by atoms with Crippen LogP contribution in [0.2, 0.25) is 0 Å². The largest absolute Gasteiger partial charge is 0.342 e. The molecule has 3 aromatic carbocycles. The second-order valence-electron chi connectivity index (χ2n) is 7.53. The number of aromatic amines is 1. The van der Waals surface area contributed by atoms with Crippen LogP contribution in [-0.4, -0.2) is 25.7 Å². The molecule has 0 radical (unpaired) electrons.